The van der Waals surface area contributed by atoms with E-state index in [1.165, 1.54) is 11.1 Å². The molecule has 1 atom stereocenters. The van der Waals surface area contributed by atoms with Gasteiger partial charge < -0.3 is 0 Å². The molecule has 3 N–H and O–H groups in total. The minimum Gasteiger partial charge on any atom is -0.275 e. The molecule has 0 amide bonds. The number of nitrogens with two attached hydrogens (primary N) is 1. The van der Waals surface area contributed by atoms with Crippen molar-refractivity contribution in [3.63, 3.8) is 0 Å². The summed E-state index contributed by atoms with van der Waals surface area (Å²) in [6.07, 6.45) is 1.92. The van der Waals surface area contributed by atoms with E-state index in [0.29, 0.717) is 0 Å². The summed E-state index contributed by atoms with van der Waals surface area (Å²) < 4.78 is 1.78. The average Bonchev–Trinajstić information content (AvgIpc) is 2.71. The topological polar surface area (TPSA) is 55.9 Å². The molecule has 1 aromatic carbocycles. The third-order valence-electron chi connectivity index (χ3n) is 3.06. The zero-order valence-corrected chi connectivity index (χ0v) is 10.4. The Balaban J connectivity index is 2.38. The predicted octanol–water partition coefficient (Wildman–Crippen LogP) is 1.59. The van der Waals surface area contributed by atoms with E-state index in [4.69, 9.17) is 5.84 Å². The predicted molar refractivity (Wildman–Crippen MR) is 68.3 cm³/mol. The number of hydrogen-bond donors (Lipinski definition) is 2. The Hall–Kier alpha value is -1.65. The van der Waals surface area contributed by atoms with E-state index in [9.17, 15) is 0 Å². The van der Waals surface area contributed by atoms with E-state index >= 15 is 0 Å². The van der Waals surface area contributed by atoms with Gasteiger partial charge in [-0.2, -0.15) is 5.10 Å². The average molecular weight is 230 g/mol. The molecule has 1 heterocycles. The molecule has 2 aromatic rings. The van der Waals surface area contributed by atoms with E-state index in [2.05, 4.69) is 42.6 Å². The fraction of sp³-hybridized carbons (Fsp3) is 0.308. The molecular formula is C13H18N4. The fourth-order valence-corrected chi connectivity index (χ4v) is 1.88. The van der Waals surface area contributed by atoms with Gasteiger partial charge in [-0.25, -0.2) is 5.43 Å². The maximum atomic E-state index is 5.63. The van der Waals surface area contributed by atoms with Crippen LogP contribution in [0.25, 0.3) is 0 Å². The Labute approximate surface area is 101 Å². The summed E-state index contributed by atoms with van der Waals surface area (Å²) in [5, 5.41) is 4.38. The minimum atomic E-state index is -0.0597. The minimum absolute atomic E-state index is 0.0597. The molecule has 1 unspecified atom stereocenters. The number of hydrazine groups is 1. The van der Waals surface area contributed by atoms with Gasteiger partial charge in [0.25, 0.3) is 0 Å². The largest absolute Gasteiger partial charge is 0.275 e. The van der Waals surface area contributed by atoms with Crippen LogP contribution in [0.4, 0.5) is 0 Å². The molecule has 0 aliphatic rings. The van der Waals surface area contributed by atoms with Gasteiger partial charge in [-0.3, -0.25) is 10.5 Å². The van der Waals surface area contributed by atoms with Gasteiger partial charge in [-0.15, -0.1) is 0 Å². The molecule has 0 saturated carbocycles. The van der Waals surface area contributed by atoms with Crippen molar-refractivity contribution in [3.05, 3.63) is 52.8 Å². The number of nitrogens with zero attached hydrogens (tertiary/aromatic N) is 2. The summed E-state index contributed by atoms with van der Waals surface area (Å²) in [4.78, 5) is 0. The summed E-state index contributed by atoms with van der Waals surface area (Å²) in [5.41, 5.74) is 7.43. The summed E-state index contributed by atoms with van der Waals surface area (Å²) >= 11 is 0. The van der Waals surface area contributed by atoms with Crippen LogP contribution in [0.5, 0.6) is 0 Å². The maximum Gasteiger partial charge on any atom is 0.0900 e. The van der Waals surface area contributed by atoms with Crippen LogP contribution in [0.15, 0.2) is 30.5 Å². The lowest BCUT2D eigenvalue weighted by Crippen LogP contribution is -2.29. The van der Waals surface area contributed by atoms with E-state index in [1.54, 1.807) is 4.68 Å². The van der Waals surface area contributed by atoms with Gasteiger partial charge in [0, 0.05) is 13.2 Å². The third-order valence-corrected chi connectivity index (χ3v) is 3.06. The smallest absolute Gasteiger partial charge is 0.0900 e. The summed E-state index contributed by atoms with van der Waals surface area (Å²) in [6.45, 7) is 4.20. The first-order valence-electron chi connectivity index (χ1n) is 5.64. The van der Waals surface area contributed by atoms with Crippen LogP contribution in [0.3, 0.4) is 0 Å². The Bertz CT molecular complexity index is 516. The molecule has 0 bridgehead atoms. The number of rotatable bonds is 3. The van der Waals surface area contributed by atoms with Gasteiger partial charge >= 0.3 is 0 Å². The van der Waals surface area contributed by atoms with Crippen LogP contribution in [-0.4, -0.2) is 9.78 Å². The van der Waals surface area contributed by atoms with Gasteiger partial charge in [0.1, 0.15) is 0 Å². The quantitative estimate of drug-likeness (QED) is 0.622. The Morgan fingerprint density at radius 3 is 2.53 bits per heavy atom. The van der Waals surface area contributed by atoms with Crippen LogP contribution in [0.1, 0.15) is 28.4 Å². The van der Waals surface area contributed by atoms with Crippen LogP contribution < -0.4 is 11.3 Å². The third kappa shape index (κ3) is 2.38. The lowest BCUT2D eigenvalue weighted by atomic mass is 9.99. The number of benzene rings is 1. The van der Waals surface area contributed by atoms with Crippen molar-refractivity contribution in [1.29, 1.82) is 0 Å². The van der Waals surface area contributed by atoms with Crippen molar-refractivity contribution in [2.45, 2.75) is 19.9 Å². The van der Waals surface area contributed by atoms with Gasteiger partial charge in [0.05, 0.1) is 11.7 Å². The monoisotopic (exact) mass is 230 g/mol. The Morgan fingerprint density at radius 1 is 1.24 bits per heavy atom. The first-order valence-corrected chi connectivity index (χ1v) is 5.64. The number of aromatic nitrogens is 2. The first kappa shape index (κ1) is 11.8. The number of hydrogen-bond acceptors (Lipinski definition) is 3. The highest BCUT2D eigenvalue weighted by atomic mass is 15.3. The Morgan fingerprint density at radius 2 is 2.00 bits per heavy atom. The van der Waals surface area contributed by atoms with E-state index < -0.39 is 0 Å². The molecule has 1 aromatic heterocycles. The lowest BCUT2D eigenvalue weighted by Gasteiger charge is -2.15. The summed E-state index contributed by atoms with van der Waals surface area (Å²) in [5.74, 6) is 5.63. The zero-order valence-electron chi connectivity index (χ0n) is 10.4. The molecule has 0 fully saturated rings. The molecule has 4 nitrogen and oxygen atoms in total. The van der Waals surface area contributed by atoms with Crippen molar-refractivity contribution >= 4 is 0 Å². The van der Waals surface area contributed by atoms with Crippen LogP contribution in [0.2, 0.25) is 0 Å². The van der Waals surface area contributed by atoms with Crippen LogP contribution in [0, 0.1) is 13.8 Å². The van der Waals surface area contributed by atoms with Crippen LogP contribution in [-0.2, 0) is 7.05 Å². The molecule has 0 saturated heterocycles. The maximum absolute atomic E-state index is 5.63. The Kier molecular flexibility index (Phi) is 3.26. The number of nitrogens with one attached hydrogen (secondary N) is 1. The van der Waals surface area contributed by atoms with Gasteiger partial charge in [-0.05, 0) is 36.6 Å². The van der Waals surface area contributed by atoms with Crippen molar-refractivity contribution in [3.8, 4) is 0 Å². The van der Waals surface area contributed by atoms with E-state index in [0.717, 1.165) is 11.3 Å². The van der Waals surface area contributed by atoms with Gasteiger partial charge in [0.15, 0.2) is 0 Å². The molecule has 17 heavy (non-hydrogen) atoms. The second-order valence-corrected chi connectivity index (χ2v) is 4.36. The van der Waals surface area contributed by atoms with E-state index in [-0.39, 0.29) is 6.04 Å². The van der Waals surface area contributed by atoms with Crippen molar-refractivity contribution < 1.29 is 0 Å². The molecule has 0 spiro atoms. The SMILES string of the molecule is Cc1ccc(C(NN)c2ccn(C)n2)cc1C. The van der Waals surface area contributed by atoms with Crippen LogP contribution >= 0.6 is 0 Å². The molecule has 0 aliphatic carbocycles. The fourth-order valence-electron chi connectivity index (χ4n) is 1.88. The molecular weight excluding hydrogens is 212 g/mol. The molecule has 0 radical (unpaired) electrons. The van der Waals surface area contributed by atoms with Crippen molar-refractivity contribution in [1.82, 2.24) is 15.2 Å². The highest BCUT2D eigenvalue weighted by Gasteiger charge is 2.15. The first-order chi connectivity index (χ1) is 8.11. The second kappa shape index (κ2) is 4.69. The molecule has 90 valence electrons. The highest BCUT2D eigenvalue weighted by Crippen LogP contribution is 2.21. The second-order valence-electron chi connectivity index (χ2n) is 4.36. The van der Waals surface area contributed by atoms with E-state index in [1.807, 2.05) is 19.3 Å². The summed E-state index contributed by atoms with van der Waals surface area (Å²) in [6, 6.07) is 8.25. The summed E-state index contributed by atoms with van der Waals surface area (Å²) in [7, 11) is 1.90. The molecule has 0 aliphatic heterocycles. The normalized spacial score (nSPS) is 12.7. The van der Waals surface area contributed by atoms with Gasteiger partial charge in [-0.1, -0.05) is 18.2 Å². The zero-order chi connectivity index (χ0) is 12.4. The van der Waals surface area contributed by atoms with Gasteiger partial charge in [0.2, 0.25) is 0 Å². The van der Waals surface area contributed by atoms with Crippen molar-refractivity contribution in [2.75, 3.05) is 0 Å². The van der Waals surface area contributed by atoms with Crippen molar-refractivity contribution in [2.24, 2.45) is 12.9 Å². The highest BCUT2D eigenvalue weighted by molar-refractivity contribution is 5.34. The standard InChI is InChI=1S/C13H18N4/c1-9-4-5-11(8-10(9)2)13(15-14)12-6-7-17(3)16-12/h4-8,13,15H,14H2,1-3H3. The molecule has 4 heteroatoms. The number of aryl methyl sites for hydroxylation is 3. The lowest BCUT2D eigenvalue weighted by molar-refractivity contribution is 0.603. The molecule has 2 rings (SSSR count).